The monoisotopic (exact) mass is 454 g/mol. The van der Waals surface area contributed by atoms with Gasteiger partial charge in [-0.3, -0.25) is 4.79 Å². The van der Waals surface area contributed by atoms with Gasteiger partial charge in [-0.1, -0.05) is 6.07 Å². The molecule has 1 aliphatic carbocycles. The molecule has 2 aromatic rings. The molecule has 1 aliphatic heterocycles. The number of rotatable bonds is 2. The minimum Gasteiger partial charge on any atom is -0.423 e. The van der Waals surface area contributed by atoms with Crippen LogP contribution in [0.2, 0.25) is 0 Å². The Morgan fingerprint density at radius 3 is 2.52 bits per heavy atom. The average Bonchev–Trinajstić information content (AvgIpc) is 3.06. The van der Waals surface area contributed by atoms with E-state index in [4.69, 9.17) is 10.00 Å². The summed E-state index contributed by atoms with van der Waals surface area (Å²) in [4.78, 5) is 26.0. The predicted octanol–water partition coefficient (Wildman–Crippen LogP) is 5.12. The molecule has 1 aromatic heterocycles. The molecule has 0 atom stereocenters. The van der Waals surface area contributed by atoms with E-state index in [1.165, 1.54) is 12.1 Å². The number of hydrogen-bond donors (Lipinski definition) is 0. The number of carbonyl (C=O) groups excluding carboxylic acids is 2. The van der Waals surface area contributed by atoms with E-state index < -0.39 is 5.82 Å². The van der Waals surface area contributed by atoms with Crippen LogP contribution in [0.4, 0.5) is 4.39 Å². The number of benzene rings is 1. The number of pyridine rings is 1. The fraction of sp³-hybridized carbons (Fsp3) is 0.182. The van der Waals surface area contributed by atoms with Crippen molar-refractivity contribution in [2.75, 3.05) is 0 Å². The molecule has 7 heteroatoms. The van der Waals surface area contributed by atoms with Crippen molar-refractivity contribution >= 4 is 34.3 Å². The second-order valence-corrected chi connectivity index (χ2v) is 7.26. The van der Waals surface area contributed by atoms with E-state index in [0.29, 0.717) is 17.6 Å². The number of aldehydes is 1. The van der Waals surface area contributed by atoms with Crippen molar-refractivity contribution in [2.24, 2.45) is 0 Å². The van der Waals surface area contributed by atoms with E-state index in [0.717, 1.165) is 53.1 Å². The standard InChI is InChI=1S/C14H12BrNO2.C8H4FNO/c15-13-6-5-9(8-16-13)7-12-10-3-1-2-4-11(10)14(17)18-12;9-8-2-1-6(5-11)3-7(8)4-10/h5-8H,1-4H2;1-3,5H. The molecule has 2 aliphatic rings. The molecule has 0 radical (unpaired) electrons. The van der Waals surface area contributed by atoms with Gasteiger partial charge in [0, 0.05) is 22.9 Å². The summed E-state index contributed by atoms with van der Waals surface area (Å²) in [5.41, 5.74) is 3.12. The maximum Gasteiger partial charge on any atom is 0.339 e. The predicted molar refractivity (Wildman–Crippen MR) is 108 cm³/mol. The Labute approximate surface area is 175 Å². The van der Waals surface area contributed by atoms with Crippen molar-refractivity contribution in [2.45, 2.75) is 25.7 Å². The third kappa shape index (κ3) is 5.04. The van der Waals surface area contributed by atoms with Gasteiger partial charge in [0.15, 0.2) is 0 Å². The normalized spacial score (nSPS) is 16.4. The third-order valence-electron chi connectivity index (χ3n) is 4.51. The quantitative estimate of drug-likeness (QED) is 0.357. The first-order chi connectivity index (χ1) is 14.0. The van der Waals surface area contributed by atoms with Crippen molar-refractivity contribution in [3.8, 4) is 6.07 Å². The largest absolute Gasteiger partial charge is 0.423 e. The van der Waals surface area contributed by atoms with Crippen LogP contribution in [0, 0.1) is 17.1 Å². The number of ether oxygens (including phenoxy) is 1. The Kier molecular flexibility index (Phi) is 6.68. The van der Waals surface area contributed by atoms with Gasteiger partial charge in [0.25, 0.3) is 0 Å². The van der Waals surface area contributed by atoms with Gasteiger partial charge in [-0.2, -0.15) is 5.26 Å². The van der Waals surface area contributed by atoms with Gasteiger partial charge in [0.1, 0.15) is 28.5 Å². The lowest BCUT2D eigenvalue weighted by atomic mass is 9.92. The van der Waals surface area contributed by atoms with Gasteiger partial charge >= 0.3 is 5.97 Å². The molecule has 0 spiro atoms. The first kappa shape index (κ1) is 20.6. The van der Waals surface area contributed by atoms with Crippen LogP contribution in [-0.4, -0.2) is 17.2 Å². The van der Waals surface area contributed by atoms with Crippen LogP contribution >= 0.6 is 15.9 Å². The second-order valence-electron chi connectivity index (χ2n) is 6.45. The highest BCUT2D eigenvalue weighted by atomic mass is 79.9. The summed E-state index contributed by atoms with van der Waals surface area (Å²) in [6.45, 7) is 0. The molecule has 0 bridgehead atoms. The van der Waals surface area contributed by atoms with E-state index in [-0.39, 0.29) is 11.5 Å². The first-order valence-electron chi connectivity index (χ1n) is 8.94. The number of hydrogen-bond acceptors (Lipinski definition) is 5. The minimum atomic E-state index is -0.599. The van der Waals surface area contributed by atoms with Crippen LogP contribution in [0.3, 0.4) is 0 Å². The molecule has 0 amide bonds. The number of halogens is 2. The number of nitriles is 1. The molecular formula is C22H16BrFN2O3. The van der Waals surface area contributed by atoms with Crippen LogP contribution in [0.25, 0.3) is 6.08 Å². The molecule has 0 saturated carbocycles. The van der Waals surface area contributed by atoms with Crippen LogP contribution in [0.1, 0.15) is 47.2 Å². The molecule has 0 N–H and O–H groups in total. The Hall–Kier alpha value is -3.11. The Bertz CT molecular complexity index is 1050. The molecule has 29 heavy (non-hydrogen) atoms. The van der Waals surface area contributed by atoms with E-state index in [1.54, 1.807) is 12.3 Å². The van der Waals surface area contributed by atoms with Gasteiger partial charge < -0.3 is 4.74 Å². The second kappa shape index (κ2) is 9.39. The Balaban J connectivity index is 0.000000188. The Morgan fingerprint density at radius 2 is 1.86 bits per heavy atom. The van der Waals surface area contributed by atoms with Gasteiger partial charge in [0.2, 0.25) is 0 Å². The highest BCUT2D eigenvalue weighted by Crippen LogP contribution is 2.37. The number of cyclic esters (lactones) is 1. The number of aromatic nitrogens is 1. The van der Waals surface area contributed by atoms with E-state index in [2.05, 4.69) is 20.9 Å². The van der Waals surface area contributed by atoms with Crippen LogP contribution < -0.4 is 0 Å². The van der Waals surface area contributed by atoms with E-state index in [1.807, 2.05) is 18.2 Å². The maximum absolute atomic E-state index is 12.6. The molecule has 0 saturated heterocycles. The fourth-order valence-electron chi connectivity index (χ4n) is 3.07. The lowest BCUT2D eigenvalue weighted by Gasteiger charge is -2.10. The summed E-state index contributed by atoms with van der Waals surface area (Å²) in [6.07, 6.45) is 8.23. The lowest BCUT2D eigenvalue weighted by Crippen LogP contribution is -2.01. The zero-order chi connectivity index (χ0) is 20.8. The van der Waals surface area contributed by atoms with Crippen molar-refractivity contribution in [3.05, 3.63) is 80.5 Å². The highest BCUT2D eigenvalue weighted by Gasteiger charge is 2.31. The molecule has 146 valence electrons. The van der Waals surface area contributed by atoms with Crippen molar-refractivity contribution in [1.29, 1.82) is 5.26 Å². The van der Waals surface area contributed by atoms with Crippen LogP contribution in [-0.2, 0) is 9.53 Å². The van der Waals surface area contributed by atoms with E-state index in [9.17, 15) is 14.0 Å². The molecule has 1 aromatic carbocycles. The molecule has 0 fully saturated rings. The smallest absolute Gasteiger partial charge is 0.339 e. The molecule has 0 unspecified atom stereocenters. The van der Waals surface area contributed by atoms with Crippen molar-refractivity contribution in [3.63, 3.8) is 0 Å². The van der Waals surface area contributed by atoms with E-state index >= 15 is 0 Å². The number of carbonyl (C=O) groups is 2. The number of allylic oxidation sites excluding steroid dienone is 1. The number of nitrogens with zero attached hydrogens (tertiary/aromatic N) is 2. The van der Waals surface area contributed by atoms with Crippen molar-refractivity contribution < 1.29 is 18.7 Å². The minimum absolute atomic E-state index is 0.102. The third-order valence-corrected chi connectivity index (χ3v) is 4.98. The fourth-order valence-corrected chi connectivity index (χ4v) is 3.30. The summed E-state index contributed by atoms with van der Waals surface area (Å²) in [7, 11) is 0. The molecule has 5 nitrogen and oxygen atoms in total. The lowest BCUT2D eigenvalue weighted by molar-refractivity contribution is -0.133. The summed E-state index contributed by atoms with van der Waals surface area (Å²) in [6, 6.07) is 9.09. The topological polar surface area (TPSA) is 80.0 Å². The van der Waals surface area contributed by atoms with Crippen molar-refractivity contribution in [1.82, 2.24) is 4.98 Å². The van der Waals surface area contributed by atoms with Crippen LogP contribution in [0.15, 0.2) is 58.0 Å². The number of esters is 1. The van der Waals surface area contributed by atoms with Crippen LogP contribution in [0.5, 0.6) is 0 Å². The zero-order valence-corrected chi connectivity index (χ0v) is 16.9. The molecule has 4 rings (SSSR count). The summed E-state index contributed by atoms with van der Waals surface area (Å²) >= 11 is 3.30. The SMILES string of the molecule is N#Cc1cc(C=O)ccc1F.O=C1OC(=Cc2ccc(Br)nc2)C2=C1CCCC2. The van der Waals surface area contributed by atoms with Gasteiger partial charge in [-0.15, -0.1) is 0 Å². The van der Waals surface area contributed by atoms with Gasteiger partial charge in [0.05, 0.1) is 5.56 Å². The summed E-state index contributed by atoms with van der Waals surface area (Å²) in [5, 5.41) is 8.33. The zero-order valence-electron chi connectivity index (χ0n) is 15.3. The maximum atomic E-state index is 12.6. The van der Waals surface area contributed by atoms with Gasteiger partial charge in [-0.05, 0) is 77.5 Å². The molecular weight excluding hydrogens is 439 g/mol. The highest BCUT2D eigenvalue weighted by molar-refractivity contribution is 9.10. The Morgan fingerprint density at radius 1 is 1.14 bits per heavy atom. The van der Waals surface area contributed by atoms with Gasteiger partial charge in [-0.25, -0.2) is 14.2 Å². The molecule has 2 heterocycles. The average molecular weight is 455 g/mol. The summed E-state index contributed by atoms with van der Waals surface area (Å²) < 4.78 is 18.7. The first-order valence-corrected chi connectivity index (χ1v) is 9.73. The summed E-state index contributed by atoms with van der Waals surface area (Å²) in [5.74, 6) is -0.0575.